The number of benzene rings is 2. The average Bonchev–Trinajstić information content (AvgIpc) is 3.21. The number of nitrogens with zero attached hydrogens (tertiary/aromatic N) is 4. The number of aromatic nitrogens is 3. The Kier molecular flexibility index (Phi) is 5.76. The largest absolute Gasteiger partial charge is 0.497 e. The molecule has 0 saturated heterocycles. The Morgan fingerprint density at radius 2 is 1.88 bits per heavy atom. The van der Waals surface area contributed by atoms with Crippen molar-refractivity contribution in [3.63, 3.8) is 0 Å². The summed E-state index contributed by atoms with van der Waals surface area (Å²) in [5.74, 6) is 2.05. The first-order valence-corrected chi connectivity index (χ1v) is 11.2. The van der Waals surface area contributed by atoms with Gasteiger partial charge in [0.15, 0.2) is 12.4 Å². The van der Waals surface area contributed by atoms with Crippen molar-refractivity contribution < 1.29 is 22.7 Å². The molecule has 10 heteroatoms. The summed E-state index contributed by atoms with van der Waals surface area (Å²) in [4.78, 5) is 22.0. The van der Waals surface area contributed by atoms with Gasteiger partial charge in [-0.25, -0.2) is 18.7 Å². The summed E-state index contributed by atoms with van der Waals surface area (Å²) >= 11 is 0. The van der Waals surface area contributed by atoms with Crippen LogP contribution >= 0.6 is 0 Å². The standard InChI is InChI=1S/C23H20N4O5S/c1-5-12-32-23(28)17-14-15-13-16(31-4)10-11-18(15)24-21(17)22-25-19-8-6-7-9-20(19)27(22)33(29,30)26(2)3/h1,6-11,13-14H,12H2,2-4H3. The molecule has 4 aromatic rings. The second-order valence-corrected chi connectivity index (χ2v) is 9.19. The number of hydrogen-bond acceptors (Lipinski definition) is 7. The minimum atomic E-state index is -4.02. The zero-order valence-electron chi connectivity index (χ0n) is 18.1. The summed E-state index contributed by atoms with van der Waals surface area (Å²) in [7, 11) is 0.334. The smallest absolute Gasteiger partial charge is 0.341 e. The van der Waals surface area contributed by atoms with E-state index in [0.29, 0.717) is 27.7 Å². The highest BCUT2D eigenvalue weighted by molar-refractivity contribution is 7.87. The molecule has 2 aromatic heterocycles. The van der Waals surface area contributed by atoms with Gasteiger partial charge in [-0.2, -0.15) is 12.7 Å². The van der Waals surface area contributed by atoms with Gasteiger partial charge in [-0.15, -0.1) is 6.42 Å². The van der Waals surface area contributed by atoms with Crippen LogP contribution in [0.2, 0.25) is 0 Å². The van der Waals surface area contributed by atoms with Crippen LogP contribution in [0.3, 0.4) is 0 Å². The Bertz CT molecular complexity index is 1530. The van der Waals surface area contributed by atoms with Gasteiger partial charge in [-0.05, 0) is 36.4 Å². The van der Waals surface area contributed by atoms with Gasteiger partial charge in [-0.1, -0.05) is 18.1 Å². The van der Waals surface area contributed by atoms with E-state index in [1.54, 1.807) is 48.5 Å². The highest BCUT2D eigenvalue weighted by atomic mass is 32.2. The van der Waals surface area contributed by atoms with Crippen LogP contribution in [-0.2, 0) is 14.9 Å². The van der Waals surface area contributed by atoms with Crippen LogP contribution in [0.4, 0.5) is 0 Å². The summed E-state index contributed by atoms with van der Waals surface area (Å²) in [5, 5.41) is 0.601. The maximum atomic E-state index is 13.3. The van der Waals surface area contributed by atoms with Crippen molar-refractivity contribution >= 4 is 38.1 Å². The molecule has 0 amide bonds. The molecule has 0 spiro atoms. The fraction of sp³-hybridized carbons (Fsp3) is 0.174. The minimum absolute atomic E-state index is 0.0183. The number of ether oxygens (including phenoxy) is 2. The first-order chi connectivity index (χ1) is 15.8. The molecule has 33 heavy (non-hydrogen) atoms. The lowest BCUT2D eigenvalue weighted by Gasteiger charge is -2.16. The number of imidazole rings is 1. The Labute approximate surface area is 190 Å². The molecular formula is C23H20N4O5S. The van der Waals surface area contributed by atoms with E-state index in [-0.39, 0.29) is 23.7 Å². The molecule has 0 aliphatic carbocycles. The zero-order valence-corrected chi connectivity index (χ0v) is 19.0. The number of terminal acetylenes is 1. The van der Waals surface area contributed by atoms with Crippen LogP contribution in [-0.4, -0.2) is 60.4 Å². The lowest BCUT2D eigenvalue weighted by atomic mass is 10.1. The number of para-hydroxylation sites is 2. The summed E-state index contributed by atoms with van der Waals surface area (Å²) in [6, 6.07) is 13.5. The number of esters is 1. The molecule has 2 aromatic carbocycles. The van der Waals surface area contributed by atoms with E-state index in [4.69, 9.17) is 15.9 Å². The van der Waals surface area contributed by atoms with Gasteiger partial charge in [0, 0.05) is 19.5 Å². The minimum Gasteiger partial charge on any atom is -0.497 e. The van der Waals surface area contributed by atoms with Gasteiger partial charge in [0.1, 0.15) is 11.4 Å². The van der Waals surface area contributed by atoms with Crippen molar-refractivity contribution in [2.24, 2.45) is 0 Å². The second kappa shape index (κ2) is 8.54. The molecule has 0 N–H and O–H groups in total. The molecular weight excluding hydrogens is 444 g/mol. The molecule has 0 aliphatic heterocycles. The summed E-state index contributed by atoms with van der Waals surface area (Å²) in [6.07, 6.45) is 5.24. The Morgan fingerprint density at radius 3 is 2.58 bits per heavy atom. The summed E-state index contributed by atoms with van der Waals surface area (Å²) in [5.41, 5.74) is 1.37. The van der Waals surface area contributed by atoms with Crippen molar-refractivity contribution in [1.29, 1.82) is 0 Å². The Balaban J connectivity index is 2.09. The number of pyridine rings is 1. The van der Waals surface area contributed by atoms with E-state index in [1.807, 2.05) is 0 Å². The highest BCUT2D eigenvalue weighted by Gasteiger charge is 2.29. The van der Waals surface area contributed by atoms with Crippen LogP contribution in [0.15, 0.2) is 48.5 Å². The van der Waals surface area contributed by atoms with Crippen LogP contribution in [0.5, 0.6) is 5.75 Å². The third-order valence-corrected chi connectivity index (χ3v) is 6.71. The molecule has 2 heterocycles. The monoisotopic (exact) mass is 464 g/mol. The second-order valence-electron chi connectivity index (χ2n) is 7.20. The fourth-order valence-electron chi connectivity index (χ4n) is 3.34. The molecule has 168 valence electrons. The molecule has 0 bridgehead atoms. The highest BCUT2D eigenvalue weighted by Crippen LogP contribution is 2.32. The molecule has 0 aliphatic rings. The molecule has 9 nitrogen and oxygen atoms in total. The number of fused-ring (bicyclic) bond motifs is 2. The maximum absolute atomic E-state index is 13.3. The van der Waals surface area contributed by atoms with Crippen molar-refractivity contribution in [2.75, 3.05) is 27.8 Å². The third-order valence-electron chi connectivity index (χ3n) is 4.95. The predicted molar refractivity (Wildman–Crippen MR) is 124 cm³/mol. The first-order valence-electron chi connectivity index (χ1n) is 9.78. The molecule has 0 radical (unpaired) electrons. The Hall–Kier alpha value is -3.94. The zero-order chi connectivity index (χ0) is 23.8. The number of hydrogen-bond donors (Lipinski definition) is 0. The van der Waals surface area contributed by atoms with Gasteiger partial charge in [0.25, 0.3) is 0 Å². The number of rotatable bonds is 6. The first kappa shape index (κ1) is 22.3. The van der Waals surface area contributed by atoms with Crippen molar-refractivity contribution in [1.82, 2.24) is 18.2 Å². The topological polar surface area (TPSA) is 104 Å². The molecule has 0 unspecified atom stereocenters. The van der Waals surface area contributed by atoms with Crippen LogP contribution in [0, 0.1) is 12.3 Å². The van der Waals surface area contributed by atoms with Gasteiger partial charge in [0.05, 0.1) is 29.2 Å². The van der Waals surface area contributed by atoms with E-state index in [1.165, 1.54) is 21.2 Å². The van der Waals surface area contributed by atoms with Crippen molar-refractivity contribution in [2.45, 2.75) is 0 Å². The third kappa shape index (κ3) is 3.88. The quantitative estimate of drug-likeness (QED) is 0.319. The summed E-state index contributed by atoms with van der Waals surface area (Å²) < 4.78 is 39.1. The number of carbonyl (C=O) groups is 1. The fourth-order valence-corrected chi connectivity index (χ4v) is 4.42. The predicted octanol–water partition coefficient (Wildman–Crippen LogP) is 2.70. The molecule has 0 saturated carbocycles. The van der Waals surface area contributed by atoms with Crippen LogP contribution < -0.4 is 4.74 Å². The van der Waals surface area contributed by atoms with Crippen molar-refractivity contribution in [3.8, 4) is 29.6 Å². The SMILES string of the molecule is C#CCOC(=O)c1cc2cc(OC)ccc2nc1-c1nc2ccccc2n1S(=O)(=O)N(C)C. The van der Waals surface area contributed by atoms with Gasteiger partial charge < -0.3 is 9.47 Å². The molecule has 0 atom stereocenters. The Morgan fingerprint density at radius 1 is 1.12 bits per heavy atom. The van der Waals surface area contributed by atoms with E-state index >= 15 is 0 Å². The average molecular weight is 465 g/mol. The number of carbonyl (C=O) groups excluding carboxylic acids is 1. The van der Waals surface area contributed by atoms with E-state index in [9.17, 15) is 13.2 Å². The lowest BCUT2D eigenvalue weighted by Crippen LogP contribution is -2.29. The maximum Gasteiger partial charge on any atom is 0.341 e. The van der Waals surface area contributed by atoms with Crippen LogP contribution in [0.1, 0.15) is 10.4 Å². The van der Waals surface area contributed by atoms with Crippen LogP contribution in [0.25, 0.3) is 33.5 Å². The normalized spacial score (nSPS) is 11.6. The van der Waals surface area contributed by atoms with E-state index in [0.717, 1.165) is 8.28 Å². The number of methoxy groups -OCH3 is 1. The van der Waals surface area contributed by atoms with Gasteiger partial charge in [-0.3, -0.25) is 0 Å². The lowest BCUT2D eigenvalue weighted by molar-refractivity contribution is 0.0557. The van der Waals surface area contributed by atoms with E-state index in [2.05, 4.69) is 15.9 Å². The van der Waals surface area contributed by atoms with Gasteiger partial charge in [0.2, 0.25) is 0 Å². The van der Waals surface area contributed by atoms with E-state index < -0.39 is 16.2 Å². The summed E-state index contributed by atoms with van der Waals surface area (Å²) in [6.45, 7) is -0.249. The van der Waals surface area contributed by atoms with Crippen molar-refractivity contribution in [3.05, 3.63) is 54.1 Å². The molecule has 0 fully saturated rings. The molecule has 4 rings (SSSR count). The van der Waals surface area contributed by atoms with Gasteiger partial charge >= 0.3 is 16.2 Å².